The topological polar surface area (TPSA) is 159 Å². The van der Waals surface area contributed by atoms with Crippen LogP contribution in [0.3, 0.4) is 0 Å². The van der Waals surface area contributed by atoms with Gasteiger partial charge in [0.15, 0.2) is 10.3 Å². The summed E-state index contributed by atoms with van der Waals surface area (Å²) in [5, 5.41) is 15.8. The van der Waals surface area contributed by atoms with E-state index < -0.39 is 0 Å². The lowest BCUT2D eigenvalue weighted by Gasteiger charge is -2.10. The molecule has 5 aromatic rings. The molecule has 2 aliphatic heterocycles. The number of thiocarbonyl (C=S) groups is 1. The summed E-state index contributed by atoms with van der Waals surface area (Å²) < 4.78 is 0. The number of fused-ring (bicyclic) bond motifs is 4. The highest BCUT2D eigenvalue weighted by atomic mass is 32.2. The highest BCUT2D eigenvalue weighted by Crippen LogP contribution is 2.34. The van der Waals surface area contributed by atoms with E-state index in [1.165, 1.54) is 17.3 Å². The van der Waals surface area contributed by atoms with E-state index in [1.54, 1.807) is 12.1 Å². The average Bonchev–Trinajstić information content (AvgIpc) is 3.30. The van der Waals surface area contributed by atoms with Crippen LogP contribution < -0.4 is 38.1 Å². The normalized spacial score (nSPS) is 12.7. The number of hydrogen-bond donors (Lipinski definition) is 7. The van der Waals surface area contributed by atoms with Gasteiger partial charge in [0.05, 0.1) is 50.9 Å². The van der Waals surface area contributed by atoms with Gasteiger partial charge in [-0.1, -0.05) is 66.4 Å². The third-order valence-electron chi connectivity index (χ3n) is 7.14. The summed E-state index contributed by atoms with van der Waals surface area (Å²) in [4.78, 5) is 29.3. The number of benzene rings is 5. The lowest BCUT2D eigenvalue weighted by atomic mass is 10.1. The van der Waals surface area contributed by atoms with Gasteiger partial charge in [-0.2, -0.15) is 0 Å². The maximum Gasteiger partial charge on any atom is 0.257 e. The second-order valence-corrected chi connectivity index (χ2v) is 11.9. The van der Waals surface area contributed by atoms with Crippen molar-refractivity contribution in [2.45, 2.75) is 5.75 Å². The Kier molecular flexibility index (Phi) is 9.32. The van der Waals surface area contributed by atoms with Gasteiger partial charge in [0.25, 0.3) is 11.8 Å². The van der Waals surface area contributed by atoms with Gasteiger partial charge in [0, 0.05) is 11.4 Å². The van der Waals surface area contributed by atoms with Gasteiger partial charge in [-0.3, -0.25) is 9.59 Å². The minimum Gasteiger partial charge on any atom is -0.378 e. The van der Waals surface area contributed by atoms with Crippen molar-refractivity contribution in [1.29, 1.82) is 0 Å². The van der Waals surface area contributed by atoms with Gasteiger partial charge in [0.1, 0.15) is 0 Å². The zero-order chi connectivity index (χ0) is 32.8. The SMILES string of the molecule is NC(=Nc1ccc2c(c1)C(=O)Nc1ccccc1N2)SCc1ccccc1.NC(=S)Nc1ccc2c(c1)C(=O)Nc1ccccc1N2. The Bertz CT molecular complexity index is 2020. The van der Waals surface area contributed by atoms with Gasteiger partial charge in [-0.15, -0.1) is 0 Å². The van der Waals surface area contributed by atoms with Crippen LogP contribution in [0.25, 0.3) is 0 Å². The highest BCUT2D eigenvalue weighted by molar-refractivity contribution is 8.13. The molecule has 5 aromatic carbocycles. The molecule has 2 heterocycles. The van der Waals surface area contributed by atoms with E-state index in [1.807, 2.05) is 91.0 Å². The molecule has 0 unspecified atom stereocenters. The first-order valence-corrected chi connectivity index (χ1v) is 15.9. The predicted molar refractivity (Wildman–Crippen MR) is 198 cm³/mol. The molecule has 0 fully saturated rings. The molecule has 0 saturated carbocycles. The van der Waals surface area contributed by atoms with Crippen molar-refractivity contribution in [3.63, 3.8) is 0 Å². The van der Waals surface area contributed by atoms with E-state index in [0.717, 1.165) is 39.9 Å². The van der Waals surface area contributed by atoms with Crippen LogP contribution in [-0.4, -0.2) is 22.1 Å². The number of nitrogens with one attached hydrogen (secondary N) is 5. The number of carbonyl (C=O) groups excluding carboxylic acids is 2. The summed E-state index contributed by atoms with van der Waals surface area (Å²) >= 11 is 6.26. The monoisotopic (exact) mass is 658 g/mol. The number of anilines is 7. The number of amidine groups is 1. The zero-order valence-electron chi connectivity index (χ0n) is 24.9. The fourth-order valence-corrected chi connectivity index (χ4v) is 5.72. The van der Waals surface area contributed by atoms with Gasteiger partial charge in [-0.25, -0.2) is 4.99 Å². The highest BCUT2D eigenvalue weighted by Gasteiger charge is 2.20. The number of amides is 2. The van der Waals surface area contributed by atoms with Gasteiger partial charge < -0.3 is 38.1 Å². The molecule has 7 rings (SSSR count). The van der Waals surface area contributed by atoms with Crippen molar-refractivity contribution >= 4 is 91.6 Å². The maximum atomic E-state index is 12.6. The Morgan fingerprint density at radius 1 is 0.638 bits per heavy atom. The van der Waals surface area contributed by atoms with Crippen LogP contribution in [0, 0.1) is 0 Å². The Morgan fingerprint density at radius 2 is 1.15 bits per heavy atom. The molecule has 0 aliphatic carbocycles. The van der Waals surface area contributed by atoms with Gasteiger partial charge in [0.2, 0.25) is 0 Å². The van der Waals surface area contributed by atoms with Crippen molar-refractivity contribution in [2.75, 3.05) is 26.6 Å². The largest absolute Gasteiger partial charge is 0.378 e. The van der Waals surface area contributed by atoms with Crippen LogP contribution in [0.2, 0.25) is 0 Å². The Balaban J connectivity index is 0.000000172. The molecule has 12 heteroatoms. The van der Waals surface area contributed by atoms with E-state index in [0.29, 0.717) is 27.7 Å². The number of hydrogen-bond acceptors (Lipinski definition) is 7. The Labute approximate surface area is 281 Å². The molecule has 10 nitrogen and oxygen atoms in total. The molecule has 47 heavy (non-hydrogen) atoms. The number of thioether (sulfide) groups is 1. The first kappa shape index (κ1) is 31.1. The summed E-state index contributed by atoms with van der Waals surface area (Å²) in [6.45, 7) is 0. The van der Waals surface area contributed by atoms with Crippen LogP contribution in [0.15, 0.2) is 120 Å². The van der Waals surface area contributed by atoms with Crippen LogP contribution in [0.4, 0.5) is 45.5 Å². The standard InChI is InChI=1S/C21H18N4OS.C14H12N4OS/c22-21(27-13-14-6-2-1-3-7-14)23-15-10-11-17-16(12-15)20(26)25-19-9-5-4-8-18(19)24-17;15-14(20)16-8-5-6-10-9(7-8)13(19)18-12-4-2-1-3-11(12)17-10/h1-12,24H,13H2,(H2,22,23)(H,25,26);1-7,17H,(H,18,19)(H3,15,16,20). The first-order valence-electron chi connectivity index (χ1n) is 14.5. The van der Waals surface area contributed by atoms with Crippen molar-refractivity contribution in [2.24, 2.45) is 16.5 Å². The maximum absolute atomic E-state index is 12.6. The molecule has 0 saturated heterocycles. The van der Waals surface area contributed by atoms with Crippen LogP contribution >= 0.6 is 24.0 Å². The van der Waals surface area contributed by atoms with E-state index in [-0.39, 0.29) is 16.9 Å². The van der Waals surface area contributed by atoms with Crippen molar-refractivity contribution in [3.8, 4) is 0 Å². The molecule has 2 aliphatic rings. The number of para-hydroxylation sites is 4. The molecule has 2 amide bonds. The van der Waals surface area contributed by atoms with Crippen molar-refractivity contribution in [1.82, 2.24) is 0 Å². The fourth-order valence-electron chi connectivity index (χ4n) is 4.92. The second-order valence-electron chi connectivity index (χ2n) is 10.5. The molecule has 9 N–H and O–H groups in total. The molecular formula is C35H30N8O2S2. The molecule has 0 spiro atoms. The van der Waals surface area contributed by atoms with E-state index in [4.69, 9.17) is 23.7 Å². The number of nitrogens with two attached hydrogens (primary N) is 2. The average molecular weight is 659 g/mol. The smallest absolute Gasteiger partial charge is 0.257 e. The summed E-state index contributed by atoms with van der Waals surface area (Å²) in [7, 11) is 0. The second kappa shape index (κ2) is 14.1. The summed E-state index contributed by atoms with van der Waals surface area (Å²) in [5.41, 5.74) is 19.8. The quantitative estimate of drug-likeness (QED) is 0.0589. The predicted octanol–water partition coefficient (Wildman–Crippen LogP) is 7.53. The molecular weight excluding hydrogens is 629 g/mol. The van der Waals surface area contributed by atoms with Gasteiger partial charge in [-0.05, 0) is 78.4 Å². The zero-order valence-corrected chi connectivity index (χ0v) is 26.5. The van der Waals surface area contributed by atoms with Crippen LogP contribution in [-0.2, 0) is 5.75 Å². The minimum atomic E-state index is -0.177. The summed E-state index contributed by atoms with van der Waals surface area (Å²) in [6.07, 6.45) is 0. The van der Waals surface area contributed by atoms with E-state index in [2.05, 4.69) is 43.7 Å². The lowest BCUT2D eigenvalue weighted by Crippen LogP contribution is -2.19. The summed E-state index contributed by atoms with van der Waals surface area (Å²) in [6, 6.07) is 36.0. The third-order valence-corrected chi connectivity index (χ3v) is 8.10. The van der Waals surface area contributed by atoms with Crippen molar-refractivity contribution < 1.29 is 9.59 Å². The molecule has 0 bridgehead atoms. The molecule has 0 aromatic heterocycles. The van der Waals surface area contributed by atoms with E-state index in [9.17, 15) is 9.59 Å². The Hall–Kier alpha value is -5.85. The molecule has 0 radical (unpaired) electrons. The molecule has 0 atom stereocenters. The minimum absolute atomic E-state index is 0.162. The Morgan fingerprint density at radius 3 is 1.72 bits per heavy atom. The van der Waals surface area contributed by atoms with Crippen molar-refractivity contribution in [3.05, 3.63) is 132 Å². The lowest BCUT2D eigenvalue weighted by molar-refractivity contribution is 0.102. The first-order chi connectivity index (χ1) is 22.8. The number of aliphatic imine (C=N–C) groups is 1. The van der Waals surface area contributed by atoms with Crippen LogP contribution in [0.1, 0.15) is 26.3 Å². The number of rotatable bonds is 4. The number of nitrogens with zero attached hydrogens (tertiary/aromatic N) is 1. The third kappa shape index (κ3) is 7.69. The molecule has 234 valence electrons. The summed E-state index contributed by atoms with van der Waals surface area (Å²) in [5.74, 6) is 0.400. The van der Waals surface area contributed by atoms with E-state index >= 15 is 0 Å². The van der Waals surface area contributed by atoms with Crippen LogP contribution in [0.5, 0.6) is 0 Å². The van der Waals surface area contributed by atoms with Gasteiger partial charge >= 0.3 is 0 Å². The fraction of sp³-hybridized carbons (Fsp3) is 0.0286. The number of carbonyl (C=O) groups is 2.